The number of aromatic nitrogens is 3. The molecular formula is C11H20N6O. The minimum absolute atomic E-state index is 0.195. The van der Waals surface area contributed by atoms with Gasteiger partial charge in [-0.3, -0.25) is 9.69 Å². The molecule has 0 saturated carbocycles. The largest absolute Gasteiger partial charge is 0.348 e. The Morgan fingerprint density at radius 3 is 2.72 bits per heavy atom. The van der Waals surface area contributed by atoms with Crippen LogP contribution in [0.2, 0.25) is 0 Å². The van der Waals surface area contributed by atoms with Crippen LogP contribution in [0.25, 0.3) is 0 Å². The lowest BCUT2D eigenvalue weighted by atomic mass is 10.3. The fraction of sp³-hybridized carbons (Fsp3) is 0.727. The highest BCUT2D eigenvalue weighted by atomic mass is 16.2. The zero-order chi connectivity index (χ0) is 12.8. The Morgan fingerprint density at radius 1 is 1.39 bits per heavy atom. The normalized spacial score (nSPS) is 17.8. The summed E-state index contributed by atoms with van der Waals surface area (Å²) in [5, 5.41) is 10.1. The summed E-state index contributed by atoms with van der Waals surface area (Å²) in [6, 6.07) is 0. The zero-order valence-corrected chi connectivity index (χ0v) is 10.7. The van der Waals surface area contributed by atoms with Gasteiger partial charge in [-0.25, -0.2) is 0 Å². The highest BCUT2D eigenvalue weighted by molar-refractivity contribution is 5.90. The molecule has 0 unspecified atom stereocenters. The predicted molar refractivity (Wildman–Crippen MR) is 67.3 cm³/mol. The molecule has 7 heteroatoms. The van der Waals surface area contributed by atoms with E-state index in [4.69, 9.17) is 0 Å². The zero-order valence-electron chi connectivity index (χ0n) is 10.7. The third-order valence-electron chi connectivity index (χ3n) is 3.26. The van der Waals surface area contributed by atoms with Crippen LogP contribution in [-0.4, -0.2) is 76.7 Å². The number of hydrogen-bond donors (Lipinski definition) is 2. The lowest BCUT2D eigenvalue weighted by molar-refractivity contribution is 0.0928. The van der Waals surface area contributed by atoms with Gasteiger partial charge in [-0.05, 0) is 6.54 Å². The molecule has 1 aliphatic heterocycles. The molecule has 2 heterocycles. The molecule has 1 aromatic heterocycles. The van der Waals surface area contributed by atoms with Gasteiger partial charge in [-0.2, -0.15) is 0 Å². The highest BCUT2D eigenvalue weighted by Gasteiger charge is 2.15. The predicted octanol–water partition coefficient (Wildman–Crippen LogP) is -0.828. The first-order valence-corrected chi connectivity index (χ1v) is 6.38. The van der Waals surface area contributed by atoms with Crippen LogP contribution in [-0.2, 0) is 0 Å². The van der Waals surface area contributed by atoms with Crippen molar-refractivity contribution in [3.05, 3.63) is 12.2 Å². The summed E-state index contributed by atoms with van der Waals surface area (Å²) >= 11 is 0. The Labute approximate surface area is 107 Å². The smallest absolute Gasteiger partial charge is 0.289 e. The minimum atomic E-state index is -0.195. The molecule has 2 rings (SSSR count). The van der Waals surface area contributed by atoms with Crippen molar-refractivity contribution in [1.82, 2.24) is 30.3 Å². The molecule has 1 saturated heterocycles. The number of carbonyl (C=O) groups is 1. The average molecular weight is 252 g/mol. The maximum atomic E-state index is 11.6. The molecule has 0 spiro atoms. The maximum Gasteiger partial charge on any atom is 0.289 e. The van der Waals surface area contributed by atoms with Gasteiger partial charge in [-0.15, -0.1) is 10.2 Å². The Hall–Kier alpha value is -1.47. The summed E-state index contributed by atoms with van der Waals surface area (Å²) in [4.78, 5) is 19.1. The van der Waals surface area contributed by atoms with Crippen molar-refractivity contribution in [1.29, 1.82) is 0 Å². The van der Waals surface area contributed by atoms with Crippen molar-refractivity contribution < 1.29 is 4.79 Å². The van der Waals surface area contributed by atoms with E-state index in [1.165, 1.54) is 6.33 Å². The molecule has 0 radical (unpaired) electrons. The summed E-state index contributed by atoms with van der Waals surface area (Å²) in [5.41, 5.74) is 0. The van der Waals surface area contributed by atoms with Crippen molar-refractivity contribution in [3.8, 4) is 0 Å². The van der Waals surface area contributed by atoms with Crippen molar-refractivity contribution in [2.45, 2.75) is 6.92 Å². The number of H-pyrrole nitrogens is 1. The number of rotatable bonds is 5. The van der Waals surface area contributed by atoms with Gasteiger partial charge in [0.2, 0.25) is 5.82 Å². The number of piperazine rings is 1. The van der Waals surface area contributed by atoms with Crippen LogP contribution in [0.1, 0.15) is 17.5 Å². The summed E-state index contributed by atoms with van der Waals surface area (Å²) in [6.45, 7) is 9.23. The van der Waals surface area contributed by atoms with Crippen LogP contribution in [0, 0.1) is 0 Å². The fourth-order valence-corrected chi connectivity index (χ4v) is 2.06. The lowest BCUT2D eigenvalue weighted by Crippen LogP contribution is -2.48. The Kier molecular flexibility index (Phi) is 4.66. The summed E-state index contributed by atoms with van der Waals surface area (Å²) in [5.74, 6) is 0.0745. The lowest BCUT2D eigenvalue weighted by Gasteiger charge is -2.33. The Bertz CT molecular complexity index is 358. The van der Waals surface area contributed by atoms with Gasteiger partial charge in [-0.1, -0.05) is 6.92 Å². The molecule has 1 aliphatic rings. The highest BCUT2D eigenvalue weighted by Crippen LogP contribution is 1.99. The van der Waals surface area contributed by atoms with E-state index < -0.39 is 0 Å². The van der Waals surface area contributed by atoms with Crippen LogP contribution in [0.3, 0.4) is 0 Å². The van der Waals surface area contributed by atoms with E-state index in [2.05, 4.69) is 37.2 Å². The van der Waals surface area contributed by atoms with Gasteiger partial charge in [0, 0.05) is 39.3 Å². The van der Waals surface area contributed by atoms with E-state index in [0.717, 1.165) is 39.3 Å². The van der Waals surface area contributed by atoms with E-state index in [0.29, 0.717) is 6.54 Å². The second-order valence-corrected chi connectivity index (χ2v) is 4.37. The molecule has 100 valence electrons. The van der Waals surface area contributed by atoms with Crippen molar-refractivity contribution in [2.24, 2.45) is 0 Å². The Morgan fingerprint density at radius 2 is 2.11 bits per heavy atom. The van der Waals surface area contributed by atoms with E-state index in [9.17, 15) is 4.79 Å². The van der Waals surface area contributed by atoms with Gasteiger partial charge >= 0.3 is 0 Å². The number of carbonyl (C=O) groups excluding carboxylic acids is 1. The third kappa shape index (κ3) is 3.51. The SMILES string of the molecule is CCN1CCN(CCNC(=O)c2nnc[nH]2)CC1. The molecule has 0 atom stereocenters. The molecule has 0 bridgehead atoms. The molecule has 1 aromatic rings. The summed E-state index contributed by atoms with van der Waals surface area (Å²) in [6.07, 6.45) is 1.40. The van der Waals surface area contributed by atoms with Gasteiger partial charge in [0.15, 0.2) is 0 Å². The van der Waals surface area contributed by atoms with Crippen LogP contribution in [0.5, 0.6) is 0 Å². The van der Waals surface area contributed by atoms with E-state index >= 15 is 0 Å². The molecule has 7 nitrogen and oxygen atoms in total. The molecule has 0 aliphatic carbocycles. The van der Waals surface area contributed by atoms with E-state index in [1.807, 2.05) is 0 Å². The quantitative estimate of drug-likeness (QED) is 0.715. The maximum absolute atomic E-state index is 11.6. The van der Waals surface area contributed by atoms with Crippen LogP contribution < -0.4 is 5.32 Å². The van der Waals surface area contributed by atoms with Crippen molar-refractivity contribution >= 4 is 5.91 Å². The first-order valence-electron chi connectivity index (χ1n) is 6.38. The minimum Gasteiger partial charge on any atom is -0.348 e. The fourth-order valence-electron chi connectivity index (χ4n) is 2.06. The number of amides is 1. The van der Waals surface area contributed by atoms with Crippen LogP contribution in [0.4, 0.5) is 0 Å². The van der Waals surface area contributed by atoms with Gasteiger partial charge in [0.05, 0.1) is 0 Å². The first kappa shape index (κ1) is 13.0. The number of likely N-dealkylation sites (N-methyl/N-ethyl adjacent to an activating group) is 1. The topological polar surface area (TPSA) is 77.2 Å². The second-order valence-electron chi connectivity index (χ2n) is 4.37. The summed E-state index contributed by atoms with van der Waals surface area (Å²) < 4.78 is 0. The van der Waals surface area contributed by atoms with Crippen LogP contribution in [0.15, 0.2) is 6.33 Å². The molecule has 2 N–H and O–H groups in total. The Balaban J connectivity index is 1.63. The van der Waals surface area contributed by atoms with Crippen molar-refractivity contribution in [2.75, 3.05) is 45.8 Å². The van der Waals surface area contributed by atoms with Gasteiger partial charge in [0.1, 0.15) is 6.33 Å². The monoisotopic (exact) mass is 252 g/mol. The van der Waals surface area contributed by atoms with Crippen LogP contribution >= 0.6 is 0 Å². The number of nitrogens with one attached hydrogen (secondary N) is 2. The molecule has 18 heavy (non-hydrogen) atoms. The van der Waals surface area contributed by atoms with E-state index in [-0.39, 0.29) is 11.7 Å². The van der Waals surface area contributed by atoms with E-state index in [1.54, 1.807) is 0 Å². The number of hydrogen-bond acceptors (Lipinski definition) is 5. The standard InChI is InChI=1S/C11H20N6O/c1-2-16-5-7-17(8-6-16)4-3-12-11(18)10-13-9-14-15-10/h9H,2-8H2,1H3,(H,12,18)(H,13,14,15). The average Bonchev–Trinajstić information content (AvgIpc) is 2.93. The van der Waals surface area contributed by atoms with Crippen molar-refractivity contribution in [3.63, 3.8) is 0 Å². The van der Waals surface area contributed by atoms with Gasteiger partial charge < -0.3 is 15.2 Å². The number of aromatic amines is 1. The second kappa shape index (κ2) is 6.46. The molecule has 1 amide bonds. The molecule has 0 aromatic carbocycles. The van der Waals surface area contributed by atoms with Gasteiger partial charge in [0.25, 0.3) is 5.91 Å². The number of nitrogens with zero attached hydrogens (tertiary/aromatic N) is 4. The molecular weight excluding hydrogens is 232 g/mol. The molecule has 1 fully saturated rings. The summed E-state index contributed by atoms with van der Waals surface area (Å²) in [7, 11) is 0. The first-order chi connectivity index (χ1) is 8.79. The third-order valence-corrected chi connectivity index (χ3v) is 3.26.